The molecule has 0 spiro atoms. The van der Waals surface area contributed by atoms with Gasteiger partial charge in [0, 0.05) is 13.3 Å². The largest absolute Gasteiger partial charge is 0.481 e. The Morgan fingerprint density at radius 3 is 2.40 bits per heavy atom. The molecule has 4 saturated carbocycles. The summed E-state index contributed by atoms with van der Waals surface area (Å²) in [7, 11) is 0. The molecule has 0 radical (unpaired) electrons. The van der Waals surface area contributed by atoms with Gasteiger partial charge < -0.3 is 9.84 Å². The molecule has 0 bridgehead atoms. The lowest BCUT2D eigenvalue weighted by Gasteiger charge is -2.61. The fraction of sp³-hybridized carbons (Fsp3) is 0.923. The second kappa shape index (κ2) is 8.13. The lowest BCUT2D eigenvalue weighted by molar-refractivity contribution is -0.160. The van der Waals surface area contributed by atoms with Crippen molar-refractivity contribution in [3.63, 3.8) is 0 Å². The van der Waals surface area contributed by atoms with Gasteiger partial charge in [-0.3, -0.25) is 9.59 Å². The molecule has 0 aliphatic heterocycles. The number of ether oxygens (including phenoxy) is 1. The van der Waals surface area contributed by atoms with E-state index in [4.69, 9.17) is 9.84 Å². The summed E-state index contributed by atoms with van der Waals surface area (Å²) in [5, 5.41) is 9.13. The standard InChI is InChI=1S/C26H42O4/c1-16(5-10-24(28)29)21-8-9-22-20-7-6-18-15-19(30-17(2)27)11-13-25(18,3)23(20)12-14-26(21,22)4/h16,18-23H,5-15H2,1-4H3,(H,28,29)/t16-,18-,19-,20-,21-,22+,23-,25+,26-/m1/s1. The van der Waals surface area contributed by atoms with Crippen molar-refractivity contribution < 1.29 is 19.4 Å². The van der Waals surface area contributed by atoms with E-state index < -0.39 is 5.97 Å². The van der Waals surface area contributed by atoms with E-state index in [0.717, 1.165) is 37.0 Å². The molecule has 4 nitrogen and oxygen atoms in total. The maximum absolute atomic E-state index is 11.5. The van der Waals surface area contributed by atoms with Gasteiger partial charge in [0.05, 0.1) is 0 Å². The maximum atomic E-state index is 11.5. The minimum Gasteiger partial charge on any atom is -0.481 e. The molecule has 4 aliphatic rings. The number of aliphatic carboxylic acids is 1. The molecule has 4 fully saturated rings. The van der Waals surface area contributed by atoms with E-state index in [1.54, 1.807) is 6.92 Å². The van der Waals surface area contributed by atoms with Gasteiger partial charge >= 0.3 is 11.9 Å². The molecule has 4 heteroatoms. The fourth-order valence-electron chi connectivity index (χ4n) is 9.09. The Bertz CT molecular complexity index is 674. The number of carbonyl (C=O) groups is 2. The van der Waals surface area contributed by atoms with Crippen molar-refractivity contribution in [3.05, 3.63) is 0 Å². The van der Waals surface area contributed by atoms with Crippen molar-refractivity contribution in [2.24, 2.45) is 46.3 Å². The zero-order valence-electron chi connectivity index (χ0n) is 19.5. The van der Waals surface area contributed by atoms with Gasteiger partial charge in [0.15, 0.2) is 0 Å². The second-order valence-electron chi connectivity index (χ2n) is 11.8. The average molecular weight is 419 g/mol. The van der Waals surface area contributed by atoms with E-state index in [9.17, 15) is 9.59 Å². The summed E-state index contributed by atoms with van der Waals surface area (Å²) >= 11 is 0. The van der Waals surface area contributed by atoms with Crippen LogP contribution in [0, 0.1) is 46.3 Å². The van der Waals surface area contributed by atoms with Crippen LogP contribution in [0.5, 0.6) is 0 Å². The molecule has 30 heavy (non-hydrogen) atoms. The van der Waals surface area contributed by atoms with Gasteiger partial charge in [-0.25, -0.2) is 0 Å². The Labute approximate surface area is 182 Å². The van der Waals surface area contributed by atoms with E-state index in [2.05, 4.69) is 20.8 Å². The Morgan fingerprint density at radius 1 is 1.00 bits per heavy atom. The normalized spacial score (nSPS) is 46.3. The van der Waals surface area contributed by atoms with Crippen LogP contribution in [0.15, 0.2) is 0 Å². The van der Waals surface area contributed by atoms with E-state index in [1.807, 2.05) is 0 Å². The lowest BCUT2D eigenvalue weighted by Crippen LogP contribution is -2.54. The summed E-state index contributed by atoms with van der Waals surface area (Å²) in [6.07, 6.45) is 12.5. The first-order valence-electron chi connectivity index (χ1n) is 12.5. The minimum atomic E-state index is -0.652. The van der Waals surface area contributed by atoms with Gasteiger partial charge in [-0.1, -0.05) is 20.8 Å². The summed E-state index contributed by atoms with van der Waals surface area (Å²) < 4.78 is 5.61. The van der Waals surface area contributed by atoms with E-state index >= 15 is 0 Å². The first kappa shape index (κ1) is 22.1. The number of carbonyl (C=O) groups excluding carboxylic acids is 1. The molecule has 0 aromatic rings. The summed E-state index contributed by atoms with van der Waals surface area (Å²) in [5.74, 6) is 3.60. The molecule has 0 amide bonds. The summed E-state index contributed by atoms with van der Waals surface area (Å²) in [5.41, 5.74) is 0.811. The van der Waals surface area contributed by atoms with Crippen molar-refractivity contribution >= 4 is 11.9 Å². The summed E-state index contributed by atoms with van der Waals surface area (Å²) in [6.45, 7) is 8.96. The molecular formula is C26H42O4. The lowest BCUT2D eigenvalue weighted by atomic mass is 9.44. The van der Waals surface area contributed by atoms with Crippen LogP contribution in [-0.4, -0.2) is 23.1 Å². The number of hydrogen-bond donors (Lipinski definition) is 1. The molecule has 0 aromatic carbocycles. The zero-order chi connectivity index (χ0) is 21.7. The first-order chi connectivity index (χ1) is 14.1. The van der Waals surface area contributed by atoms with Crippen LogP contribution >= 0.6 is 0 Å². The third-order valence-corrected chi connectivity index (χ3v) is 10.5. The number of carboxylic acids is 1. The number of hydrogen-bond acceptors (Lipinski definition) is 3. The number of esters is 1. The van der Waals surface area contributed by atoms with Crippen LogP contribution in [0.25, 0.3) is 0 Å². The van der Waals surface area contributed by atoms with Gasteiger partial charge in [-0.15, -0.1) is 0 Å². The van der Waals surface area contributed by atoms with E-state index in [-0.39, 0.29) is 12.1 Å². The Balaban J connectivity index is 1.47. The van der Waals surface area contributed by atoms with Crippen LogP contribution < -0.4 is 0 Å². The quantitative estimate of drug-likeness (QED) is 0.550. The predicted octanol–water partition coefficient (Wildman–Crippen LogP) is 6.08. The number of rotatable bonds is 5. The molecule has 1 N–H and O–H groups in total. The van der Waals surface area contributed by atoms with E-state index in [1.165, 1.54) is 44.9 Å². The predicted molar refractivity (Wildman–Crippen MR) is 117 cm³/mol. The van der Waals surface area contributed by atoms with Gasteiger partial charge in [0.1, 0.15) is 6.10 Å². The molecule has 170 valence electrons. The van der Waals surface area contributed by atoms with Gasteiger partial charge in [-0.2, -0.15) is 0 Å². The topological polar surface area (TPSA) is 63.6 Å². The van der Waals surface area contributed by atoms with Crippen LogP contribution in [0.1, 0.15) is 98.3 Å². The van der Waals surface area contributed by atoms with Crippen LogP contribution in [0.3, 0.4) is 0 Å². The molecule has 0 saturated heterocycles. The summed E-state index contributed by atoms with van der Waals surface area (Å²) in [6, 6.07) is 0. The Morgan fingerprint density at radius 2 is 1.70 bits per heavy atom. The van der Waals surface area contributed by atoms with Crippen LogP contribution in [0.4, 0.5) is 0 Å². The average Bonchev–Trinajstić information content (AvgIpc) is 3.03. The smallest absolute Gasteiger partial charge is 0.303 e. The zero-order valence-corrected chi connectivity index (χ0v) is 19.5. The van der Waals surface area contributed by atoms with Gasteiger partial charge in [0.25, 0.3) is 0 Å². The summed E-state index contributed by atoms with van der Waals surface area (Å²) in [4.78, 5) is 22.5. The number of fused-ring (bicyclic) bond motifs is 5. The Hall–Kier alpha value is -1.06. The molecule has 0 heterocycles. The highest BCUT2D eigenvalue weighted by atomic mass is 16.5. The van der Waals surface area contributed by atoms with Crippen LogP contribution in [-0.2, 0) is 14.3 Å². The van der Waals surface area contributed by atoms with Gasteiger partial charge in [-0.05, 0) is 111 Å². The van der Waals surface area contributed by atoms with Crippen molar-refractivity contribution in [2.75, 3.05) is 0 Å². The minimum absolute atomic E-state index is 0.125. The molecule has 4 rings (SSSR count). The molecule has 0 aromatic heterocycles. The third kappa shape index (κ3) is 3.71. The molecule has 9 atom stereocenters. The fourth-order valence-corrected chi connectivity index (χ4v) is 9.09. The van der Waals surface area contributed by atoms with Crippen molar-refractivity contribution in [2.45, 2.75) is 104 Å². The molecular weight excluding hydrogens is 376 g/mol. The first-order valence-corrected chi connectivity index (χ1v) is 12.5. The maximum Gasteiger partial charge on any atom is 0.303 e. The highest BCUT2D eigenvalue weighted by molar-refractivity contribution is 5.66. The molecule has 0 unspecified atom stereocenters. The van der Waals surface area contributed by atoms with Gasteiger partial charge in [0.2, 0.25) is 0 Å². The SMILES string of the molecule is CC(=O)O[C@@H]1CC[C@@]2(C)[C@H](CC[C@H]3[C@H]2CC[C@]2(C)[C@@H]([C@H](C)CCC(=O)O)CC[C@@H]32)C1. The van der Waals surface area contributed by atoms with E-state index in [0.29, 0.717) is 35.0 Å². The van der Waals surface area contributed by atoms with Crippen LogP contribution in [0.2, 0.25) is 0 Å². The second-order valence-corrected chi connectivity index (χ2v) is 11.8. The monoisotopic (exact) mass is 418 g/mol. The van der Waals surface area contributed by atoms with Crippen molar-refractivity contribution in [1.82, 2.24) is 0 Å². The Kier molecular flexibility index (Phi) is 6.00. The number of carboxylic acid groups (broad SMARTS) is 1. The highest BCUT2D eigenvalue weighted by Gasteiger charge is 2.60. The highest BCUT2D eigenvalue weighted by Crippen LogP contribution is 2.68. The van der Waals surface area contributed by atoms with Crippen molar-refractivity contribution in [3.8, 4) is 0 Å². The van der Waals surface area contributed by atoms with Crippen molar-refractivity contribution in [1.29, 1.82) is 0 Å². The third-order valence-electron chi connectivity index (χ3n) is 10.5. The molecule has 4 aliphatic carbocycles.